The molecule has 1 aromatic rings. The van der Waals surface area contributed by atoms with Crippen LogP contribution in [0.15, 0.2) is 24.3 Å². The first-order valence-electron chi connectivity index (χ1n) is 5.90. The Bertz CT molecular complexity index is 358. The molecule has 17 heavy (non-hydrogen) atoms. The molecule has 0 fully saturated rings. The number of benzene rings is 1. The van der Waals surface area contributed by atoms with Gasteiger partial charge in [0.25, 0.3) is 0 Å². The second kappa shape index (κ2) is 6.25. The molecule has 3 N–H and O–H groups in total. The molecule has 1 unspecified atom stereocenters. The van der Waals surface area contributed by atoms with Crippen molar-refractivity contribution >= 4 is 5.91 Å². The molecular formula is C13H20N2O2. The zero-order valence-corrected chi connectivity index (χ0v) is 10.4. The van der Waals surface area contributed by atoms with Crippen molar-refractivity contribution < 1.29 is 9.90 Å². The summed E-state index contributed by atoms with van der Waals surface area (Å²) in [6.07, 6.45) is 0.298. The average Bonchev–Trinajstić information content (AvgIpc) is 2.31. The van der Waals surface area contributed by atoms with Gasteiger partial charge in [-0.1, -0.05) is 12.1 Å². The fourth-order valence-corrected chi connectivity index (χ4v) is 1.73. The number of hydrogen-bond donors (Lipinski definition) is 2. The minimum Gasteiger partial charge on any atom is -0.508 e. The Kier molecular flexibility index (Phi) is 4.97. The number of nitrogens with two attached hydrogens (primary N) is 1. The third-order valence-electron chi connectivity index (χ3n) is 2.83. The molecule has 0 spiro atoms. The molecule has 0 aliphatic heterocycles. The van der Waals surface area contributed by atoms with Gasteiger partial charge in [-0.05, 0) is 31.5 Å². The zero-order valence-electron chi connectivity index (χ0n) is 10.4. The Morgan fingerprint density at radius 3 is 2.29 bits per heavy atom. The van der Waals surface area contributed by atoms with Crippen molar-refractivity contribution in [1.29, 1.82) is 0 Å². The van der Waals surface area contributed by atoms with Gasteiger partial charge in [0.1, 0.15) is 5.75 Å². The molecule has 0 bridgehead atoms. The number of carbonyl (C=O) groups is 1. The Hall–Kier alpha value is -1.55. The van der Waals surface area contributed by atoms with Gasteiger partial charge in [-0.3, -0.25) is 4.79 Å². The molecule has 0 saturated carbocycles. The number of phenols is 1. The number of nitrogens with zero attached hydrogens (tertiary/aromatic N) is 1. The number of carbonyl (C=O) groups excluding carboxylic acids is 1. The summed E-state index contributed by atoms with van der Waals surface area (Å²) in [5, 5.41) is 9.17. The highest BCUT2D eigenvalue weighted by Gasteiger charge is 2.15. The van der Waals surface area contributed by atoms with Crippen molar-refractivity contribution in [2.45, 2.75) is 26.3 Å². The lowest BCUT2D eigenvalue weighted by Crippen LogP contribution is -2.32. The van der Waals surface area contributed by atoms with E-state index < -0.39 is 0 Å². The van der Waals surface area contributed by atoms with Crippen LogP contribution in [0.3, 0.4) is 0 Å². The number of phenolic OH excluding ortho intramolecular Hbond substituents is 1. The van der Waals surface area contributed by atoms with Crippen LogP contribution in [0.4, 0.5) is 0 Å². The predicted octanol–water partition coefficient (Wildman–Crippen LogP) is 1.65. The maximum atomic E-state index is 11.9. The van der Waals surface area contributed by atoms with Crippen molar-refractivity contribution in [3.05, 3.63) is 29.8 Å². The minimum atomic E-state index is -0.316. The van der Waals surface area contributed by atoms with Crippen LogP contribution < -0.4 is 5.73 Å². The van der Waals surface area contributed by atoms with E-state index in [4.69, 9.17) is 10.8 Å². The highest BCUT2D eigenvalue weighted by Crippen LogP contribution is 2.18. The van der Waals surface area contributed by atoms with Gasteiger partial charge < -0.3 is 15.7 Å². The van der Waals surface area contributed by atoms with Gasteiger partial charge >= 0.3 is 0 Å². The standard InChI is InChI=1S/C13H20N2O2/c1-3-15(4-2)13(17)9-12(14)10-5-7-11(16)8-6-10/h5-8,12,16H,3-4,9,14H2,1-2H3. The van der Waals surface area contributed by atoms with Gasteiger partial charge in [0, 0.05) is 25.6 Å². The third kappa shape index (κ3) is 3.75. The highest BCUT2D eigenvalue weighted by atomic mass is 16.3. The second-order valence-corrected chi connectivity index (χ2v) is 3.97. The molecule has 1 amide bonds. The summed E-state index contributed by atoms with van der Waals surface area (Å²) in [5.74, 6) is 0.270. The molecule has 0 aromatic heterocycles. The maximum absolute atomic E-state index is 11.9. The summed E-state index contributed by atoms with van der Waals surface area (Å²) in [5.41, 5.74) is 6.83. The molecule has 0 aliphatic carbocycles. The lowest BCUT2D eigenvalue weighted by molar-refractivity contribution is -0.131. The van der Waals surface area contributed by atoms with Crippen LogP contribution in [-0.4, -0.2) is 29.0 Å². The van der Waals surface area contributed by atoms with E-state index in [2.05, 4.69) is 0 Å². The fourth-order valence-electron chi connectivity index (χ4n) is 1.73. The number of amides is 1. The molecule has 0 saturated heterocycles. The first-order valence-corrected chi connectivity index (χ1v) is 5.90. The molecule has 0 heterocycles. The summed E-state index contributed by atoms with van der Waals surface area (Å²) < 4.78 is 0. The Balaban J connectivity index is 2.62. The largest absolute Gasteiger partial charge is 0.508 e. The van der Waals surface area contributed by atoms with Gasteiger partial charge in [-0.2, -0.15) is 0 Å². The van der Waals surface area contributed by atoms with E-state index in [0.717, 1.165) is 5.56 Å². The smallest absolute Gasteiger partial charge is 0.224 e. The molecule has 4 heteroatoms. The highest BCUT2D eigenvalue weighted by molar-refractivity contribution is 5.77. The maximum Gasteiger partial charge on any atom is 0.224 e. The molecule has 1 aromatic carbocycles. The Labute approximate surface area is 102 Å². The molecule has 4 nitrogen and oxygen atoms in total. The monoisotopic (exact) mass is 236 g/mol. The van der Waals surface area contributed by atoms with Crippen molar-refractivity contribution in [1.82, 2.24) is 4.90 Å². The Morgan fingerprint density at radius 2 is 1.82 bits per heavy atom. The summed E-state index contributed by atoms with van der Waals surface area (Å²) in [6, 6.07) is 6.34. The van der Waals surface area contributed by atoms with Crippen LogP contribution in [0.5, 0.6) is 5.75 Å². The Morgan fingerprint density at radius 1 is 1.29 bits per heavy atom. The molecule has 0 radical (unpaired) electrons. The number of hydrogen-bond acceptors (Lipinski definition) is 3. The van der Waals surface area contributed by atoms with Gasteiger partial charge in [0.05, 0.1) is 0 Å². The van der Waals surface area contributed by atoms with E-state index in [1.54, 1.807) is 29.2 Å². The normalized spacial score (nSPS) is 12.2. The van der Waals surface area contributed by atoms with Crippen LogP contribution in [-0.2, 0) is 4.79 Å². The zero-order chi connectivity index (χ0) is 12.8. The van der Waals surface area contributed by atoms with Crippen LogP contribution in [0, 0.1) is 0 Å². The first-order chi connectivity index (χ1) is 8.08. The van der Waals surface area contributed by atoms with E-state index in [0.29, 0.717) is 19.5 Å². The lowest BCUT2D eigenvalue weighted by atomic mass is 10.0. The van der Waals surface area contributed by atoms with Crippen LogP contribution in [0.1, 0.15) is 31.9 Å². The lowest BCUT2D eigenvalue weighted by Gasteiger charge is -2.21. The van der Waals surface area contributed by atoms with Crippen molar-refractivity contribution in [3.8, 4) is 5.75 Å². The topological polar surface area (TPSA) is 66.6 Å². The third-order valence-corrected chi connectivity index (χ3v) is 2.83. The summed E-state index contributed by atoms with van der Waals surface area (Å²) in [6.45, 7) is 5.32. The van der Waals surface area contributed by atoms with Crippen molar-refractivity contribution in [2.75, 3.05) is 13.1 Å². The molecular weight excluding hydrogens is 216 g/mol. The van der Waals surface area contributed by atoms with Gasteiger partial charge in [-0.15, -0.1) is 0 Å². The van der Waals surface area contributed by atoms with E-state index in [-0.39, 0.29) is 17.7 Å². The summed E-state index contributed by atoms with van der Waals surface area (Å²) in [7, 11) is 0. The fraction of sp³-hybridized carbons (Fsp3) is 0.462. The average molecular weight is 236 g/mol. The number of aromatic hydroxyl groups is 1. The van der Waals surface area contributed by atoms with E-state index in [1.807, 2.05) is 13.8 Å². The van der Waals surface area contributed by atoms with E-state index >= 15 is 0 Å². The van der Waals surface area contributed by atoms with Gasteiger partial charge in [-0.25, -0.2) is 0 Å². The summed E-state index contributed by atoms with van der Waals surface area (Å²) in [4.78, 5) is 13.6. The molecule has 1 atom stereocenters. The van der Waals surface area contributed by atoms with E-state index in [9.17, 15) is 4.79 Å². The van der Waals surface area contributed by atoms with E-state index in [1.165, 1.54) is 0 Å². The quantitative estimate of drug-likeness (QED) is 0.817. The van der Waals surface area contributed by atoms with Crippen molar-refractivity contribution in [2.24, 2.45) is 5.73 Å². The summed E-state index contributed by atoms with van der Waals surface area (Å²) >= 11 is 0. The SMILES string of the molecule is CCN(CC)C(=O)CC(N)c1ccc(O)cc1. The van der Waals surface area contributed by atoms with Crippen LogP contribution in [0.25, 0.3) is 0 Å². The number of rotatable bonds is 5. The molecule has 94 valence electrons. The molecule has 1 rings (SSSR count). The van der Waals surface area contributed by atoms with Gasteiger partial charge in [0.2, 0.25) is 5.91 Å². The predicted molar refractivity (Wildman–Crippen MR) is 67.6 cm³/mol. The van der Waals surface area contributed by atoms with Crippen molar-refractivity contribution in [3.63, 3.8) is 0 Å². The van der Waals surface area contributed by atoms with Crippen LogP contribution in [0.2, 0.25) is 0 Å². The van der Waals surface area contributed by atoms with Gasteiger partial charge in [0.15, 0.2) is 0 Å². The molecule has 0 aliphatic rings. The first kappa shape index (κ1) is 13.5. The minimum absolute atomic E-state index is 0.0653. The second-order valence-electron chi connectivity index (χ2n) is 3.97. The van der Waals surface area contributed by atoms with Crippen LogP contribution >= 0.6 is 0 Å².